The number of ether oxygens (including phenoxy) is 4. The van der Waals surface area contributed by atoms with E-state index in [1.807, 2.05) is 38.1 Å². The van der Waals surface area contributed by atoms with Gasteiger partial charge < -0.3 is 24.3 Å². The summed E-state index contributed by atoms with van der Waals surface area (Å²) < 4.78 is 21.9. The molecule has 2 heterocycles. The second-order valence-electron chi connectivity index (χ2n) is 9.13. The molecule has 3 aliphatic rings. The van der Waals surface area contributed by atoms with Gasteiger partial charge in [0, 0.05) is 52.0 Å². The molecule has 7 nitrogen and oxygen atoms in total. The number of allylic oxidation sites excluding steroid dienone is 3. The van der Waals surface area contributed by atoms with Crippen LogP contribution in [0, 0.1) is 0 Å². The van der Waals surface area contributed by atoms with Crippen molar-refractivity contribution in [2.45, 2.75) is 38.5 Å². The summed E-state index contributed by atoms with van der Waals surface area (Å²) in [6, 6.07) is 11.0. The Morgan fingerprint density at radius 3 is 2.54 bits per heavy atom. The molecule has 0 amide bonds. The number of fused-ring (bicyclic) bond motifs is 1. The minimum absolute atomic E-state index is 0.0172. The molecule has 0 saturated heterocycles. The normalized spacial score (nSPS) is 20.6. The van der Waals surface area contributed by atoms with Gasteiger partial charge in [0.05, 0.1) is 12.2 Å². The van der Waals surface area contributed by atoms with Gasteiger partial charge in [0.2, 0.25) is 6.79 Å². The average molecular weight is 544 g/mol. The Kier molecular flexibility index (Phi) is 7.47. The number of rotatable bonds is 7. The lowest BCUT2D eigenvalue weighted by Gasteiger charge is -2.37. The zero-order valence-electron chi connectivity index (χ0n) is 20.6. The third-order valence-electron chi connectivity index (χ3n) is 6.86. The first kappa shape index (κ1) is 25.6. The van der Waals surface area contributed by atoms with Crippen LogP contribution < -0.4 is 14.8 Å². The van der Waals surface area contributed by atoms with Crippen LogP contribution in [-0.2, 0) is 19.1 Å². The fourth-order valence-corrected chi connectivity index (χ4v) is 5.55. The highest BCUT2D eigenvalue weighted by molar-refractivity contribution is 6.32. The van der Waals surface area contributed by atoms with E-state index in [0.717, 1.165) is 11.3 Å². The highest BCUT2D eigenvalue weighted by atomic mass is 35.5. The average Bonchev–Trinajstić information content (AvgIpc) is 3.32. The lowest BCUT2D eigenvalue weighted by Crippen LogP contribution is -2.36. The maximum absolute atomic E-state index is 13.8. The van der Waals surface area contributed by atoms with E-state index in [1.165, 1.54) is 0 Å². The Bertz CT molecular complexity index is 1300. The highest BCUT2D eigenvalue weighted by Crippen LogP contribution is 2.49. The molecule has 1 N–H and O–H groups in total. The number of hydrogen-bond acceptors (Lipinski definition) is 7. The zero-order chi connectivity index (χ0) is 26.1. The number of esters is 1. The Morgan fingerprint density at radius 2 is 1.81 bits per heavy atom. The van der Waals surface area contributed by atoms with E-state index < -0.39 is 11.9 Å². The maximum atomic E-state index is 13.8. The maximum Gasteiger partial charge on any atom is 0.336 e. The third kappa shape index (κ3) is 5.08. The van der Waals surface area contributed by atoms with Crippen LogP contribution in [0.1, 0.15) is 49.7 Å². The first-order valence-corrected chi connectivity index (χ1v) is 13.0. The van der Waals surface area contributed by atoms with Crippen LogP contribution >= 0.6 is 23.2 Å². The number of carbonyl (C=O) groups is 2. The van der Waals surface area contributed by atoms with Gasteiger partial charge in [-0.2, -0.15) is 0 Å². The van der Waals surface area contributed by atoms with Crippen molar-refractivity contribution >= 4 is 35.0 Å². The van der Waals surface area contributed by atoms with E-state index in [1.54, 1.807) is 12.1 Å². The van der Waals surface area contributed by atoms with Crippen LogP contribution in [0.25, 0.3) is 0 Å². The van der Waals surface area contributed by atoms with Gasteiger partial charge in [-0.3, -0.25) is 4.79 Å². The molecule has 0 aromatic heterocycles. The first-order valence-electron chi connectivity index (χ1n) is 12.2. The number of carbonyl (C=O) groups excluding carboxylic acids is 2. The smallest absolute Gasteiger partial charge is 0.336 e. The van der Waals surface area contributed by atoms with Gasteiger partial charge in [-0.1, -0.05) is 35.3 Å². The molecule has 1 aliphatic carbocycles. The number of halogens is 2. The summed E-state index contributed by atoms with van der Waals surface area (Å²) in [7, 11) is 0. The number of benzene rings is 2. The summed E-state index contributed by atoms with van der Waals surface area (Å²) in [6.45, 7) is 4.68. The Labute approximate surface area is 225 Å². The molecule has 0 saturated carbocycles. The lowest BCUT2D eigenvalue weighted by atomic mass is 9.71. The summed E-state index contributed by atoms with van der Waals surface area (Å²) in [5.41, 5.74) is 3.88. The van der Waals surface area contributed by atoms with E-state index in [0.29, 0.717) is 63.4 Å². The lowest BCUT2D eigenvalue weighted by molar-refractivity contribution is -0.140. The van der Waals surface area contributed by atoms with Crippen molar-refractivity contribution in [3.63, 3.8) is 0 Å². The predicted molar refractivity (Wildman–Crippen MR) is 139 cm³/mol. The molecule has 5 rings (SSSR count). The van der Waals surface area contributed by atoms with E-state index >= 15 is 0 Å². The van der Waals surface area contributed by atoms with Gasteiger partial charge in [-0.05, 0) is 55.5 Å². The second kappa shape index (κ2) is 10.8. The van der Waals surface area contributed by atoms with Crippen LogP contribution in [0.4, 0.5) is 0 Å². The van der Waals surface area contributed by atoms with Crippen molar-refractivity contribution in [2.75, 3.05) is 26.6 Å². The van der Waals surface area contributed by atoms with E-state index in [4.69, 9.17) is 42.1 Å². The number of dihydropyridines is 1. The molecular weight excluding hydrogens is 517 g/mol. The van der Waals surface area contributed by atoms with Gasteiger partial charge in [0.1, 0.15) is 6.61 Å². The summed E-state index contributed by atoms with van der Waals surface area (Å²) >= 11 is 12.8. The molecule has 2 atom stereocenters. The molecule has 194 valence electrons. The Balaban J connectivity index is 1.56. The van der Waals surface area contributed by atoms with Crippen molar-refractivity contribution in [3.8, 4) is 11.5 Å². The molecular formula is C28H27Cl2NO6. The minimum Gasteiger partial charge on any atom is -0.460 e. The fourth-order valence-electron chi connectivity index (χ4n) is 5.16. The van der Waals surface area contributed by atoms with Crippen LogP contribution in [-0.4, -0.2) is 38.4 Å². The van der Waals surface area contributed by atoms with Crippen molar-refractivity contribution < 1.29 is 28.5 Å². The van der Waals surface area contributed by atoms with Crippen LogP contribution in [0.2, 0.25) is 10.0 Å². The van der Waals surface area contributed by atoms with Crippen molar-refractivity contribution in [1.82, 2.24) is 5.32 Å². The molecule has 2 aromatic carbocycles. The van der Waals surface area contributed by atoms with E-state index in [-0.39, 0.29) is 31.7 Å². The molecule has 0 radical (unpaired) electrons. The number of ketones is 1. The predicted octanol–water partition coefficient (Wildman–Crippen LogP) is 5.66. The Hall–Kier alpha value is -3.00. The topological polar surface area (TPSA) is 83.1 Å². The SMILES string of the molecule is CCOCCOC(=O)C1=C(C)NC2=C(C(=O)C[C@@H](c3ccc(Cl)cc3)C2)[C@@H]1c1cc2c(cc1Cl)OCO2. The van der Waals surface area contributed by atoms with Crippen LogP contribution in [0.3, 0.4) is 0 Å². The molecule has 0 spiro atoms. The largest absolute Gasteiger partial charge is 0.460 e. The van der Waals surface area contributed by atoms with Gasteiger partial charge in [-0.25, -0.2) is 4.79 Å². The van der Waals surface area contributed by atoms with Crippen molar-refractivity contribution in [1.29, 1.82) is 0 Å². The minimum atomic E-state index is -0.712. The number of Topliss-reactive ketones (excluding diaryl/α,β-unsaturated/α-hetero) is 1. The Morgan fingerprint density at radius 1 is 1.08 bits per heavy atom. The molecule has 2 aromatic rings. The highest BCUT2D eigenvalue weighted by Gasteiger charge is 2.42. The quantitative estimate of drug-likeness (QED) is 0.356. The standard InChI is InChI=1S/C28H27Cl2NO6/c1-3-34-8-9-35-28(33)25-15(2)31-21-10-17(16-4-6-18(29)7-5-16)11-22(32)27(21)26(25)19-12-23-24(13-20(19)30)37-14-36-23/h4-7,12-13,17,26,31H,3,8-11,14H2,1-2H3/t17-,26+/m0/s1. The van der Waals surface area contributed by atoms with Crippen LogP contribution in [0.5, 0.6) is 11.5 Å². The molecule has 0 fully saturated rings. The van der Waals surface area contributed by atoms with E-state index in [9.17, 15) is 9.59 Å². The second-order valence-corrected chi connectivity index (χ2v) is 9.97. The summed E-state index contributed by atoms with van der Waals surface area (Å²) in [4.78, 5) is 27.1. The van der Waals surface area contributed by atoms with Crippen LogP contribution in [0.15, 0.2) is 58.9 Å². The monoisotopic (exact) mass is 543 g/mol. The molecule has 0 bridgehead atoms. The third-order valence-corrected chi connectivity index (χ3v) is 7.44. The van der Waals surface area contributed by atoms with Gasteiger partial charge in [0.15, 0.2) is 17.3 Å². The van der Waals surface area contributed by atoms with E-state index in [2.05, 4.69) is 5.32 Å². The number of nitrogens with one attached hydrogen (secondary N) is 1. The summed E-state index contributed by atoms with van der Waals surface area (Å²) in [6.07, 6.45) is 0.901. The fraction of sp³-hybridized carbons (Fsp3) is 0.357. The number of hydrogen-bond donors (Lipinski definition) is 1. The first-order chi connectivity index (χ1) is 17.9. The van der Waals surface area contributed by atoms with Gasteiger partial charge in [0.25, 0.3) is 0 Å². The van der Waals surface area contributed by atoms with Gasteiger partial charge >= 0.3 is 5.97 Å². The molecule has 9 heteroatoms. The molecule has 37 heavy (non-hydrogen) atoms. The van der Waals surface area contributed by atoms with Gasteiger partial charge in [-0.15, -0.1) is 0 Å². The zero-order valence-corrected chi connectivity index (χ0v) is 22.1. The molecule has 0 unspecified atom stereocenters. The van der Waals surface area contributed by atoms with Crippen molar-refractivity contribution in [2.24, 2.45) is 0 Å². The summed E-state index contributed by atoms with van der Waals surface area (Å²) in [5, 5.41) is 4.37. The molecule has 2 aliphatic heterocycles. The van der Waals surface area contributed by atoms with Crippen molar-refractivity contribution in [3.05, 3.63) is 80.1 Å². The summed E-state index contributed by atoms with van der Waals surface area (Å²) in [5.74, 6) is -0.268.